The highest BCUT2D eigenvalue weighted by Crippen LogP contribution is 2.35. The lowest BCUT2D eigenvalue weighted by molar-refractivity contribution is 0.103. The van der Waals surface area contributed by atoms with E-state index in [2.05, 4.69) is 10.3 Å². The first-order chi connectivity index (χ1) is 14.8. The smallest absolute Gasteiger partial charge is 0.296 e. The molecule has 0 atom stereocenters. The molecule has 1 aromatic heterocycles. The van der Waals surface area contributed by atoms with Gasteiger partial charge < -0.3 is 5.32 Å². The first kappa shape index (κ1) is 20.7. The van der Waals surface area contributed by atoms with E-state index in [-0.39, 0.29) is 21.9 Å². The van der Waals surface area contributed by atoms with Crippen molar-refractivity contribution in [3.05, 3.63) is 95.3 Å². The topological polar surface area (TPSA) is 96.4 Å². The van der Waals surface area contributed by atoms with Gasteiger partial charge in [0.05, 0.1) is 17.6 Å². The standard InChI is InChI=1S/C24H20N2O4S/c1-15-16(2)23(26-21-14-25-13-18-10-6-7-11-19(18)21)22(31(28,29)30)12-20(15)24(27)17-8-4-3-5-9-17/h3-14,26H,1-2H3,(H,28,29,30). The zero-order chi connectivity index (χ0) is 22.2. The number of pyridine rings is 1. The van der Waals surface area contributed by atoms with Crippen LogP contribution in [-0.2, 0) is 10.1 Å². The van der Waals surface area contributed by atoms with Gasteiger partial charge in [-0.2, -0.15) is 8.42 Å². The van der Waals surface area contributed by atoms with Crippen molar-refractivity contribution in [2.75, 3.05) is 5.32 Å². The number of aromatic nitrogens is 1. The maximum Gasteiger partial charge on any atom is 0.296 e. The van der Waals surface area contributed by atoms with Crippen LogP contribution in [0, 0.1) is 13.8 Å². The number of hydrogen-bond donors (Lipinski definition) is 2. The fourth-order valence-electron chi connectivity index (χ4n) is 3.58. The van der Waals surface area contributed by atoms with Crippen LogP contribution in [0.1, 0.15) is 27.0 Å². The Morgan fingerprint density at radius 1 is 0.935 bits per heavy atom. The third-order valence-corrected chi connectivity index (χ3v) is 6.23. The summed E-state index contributed by atoms with van der Waals surface area (Å²) in [5, 5.41) is 4.85. The summed E-state index contributed by atoms with van der Waals surface area (Å²) in [7, 11) is -4.62. The van der Waals surface area contributed by atoms with Crippen molar-refractivity contribution >= 4 is 38.0 Å². The first-order valence-corrected chi connectivity index (χ1v) is 11.0. The Hall–Kier alpha value is -3.55. The van der Waals surface area contributed by atoms with Crippen molar-refractivity contribution in [3.63, 3.8) is 0 Å². The van der Waals surface area contributed by atoms with Crippen LogP contribution in [0.5, 0.6) is 0 Å². The molecule has 0 aliphatic heterocycles. The quantitative estimate of drug-likeness (QED) is 0.337. The van der Waals surface area contributed by atoms with Crippen LogP contribution in [0.25, 0.3) is 10.8 Å². The molecule has 0 radical (unpaired) electrons. The fourth-order valence-corrected chi connectivity index (χ4v) is 4.31. The Bertz CT molecular complexity index is 1410. The van der Waals surface area contributed by atoms with Gasteiger partial charge in [-0.05, 0) is 31.0 Å². The van der Waals surface area contributed by atoms with Gasteiger partial charge in [0, 0.05) is 28.1 Å². The van der Waals surface area contributed by atoms with E-state index >= 15 is 0 Å². The van der Waals surface area contributed by atoms with Crippen LogP contribution in [0.4, 0.5) is 11.4 Å². The number of carbonyl (C=O) groups is 1. The fraction of sp³-hybridized carbons (Fsp3) is 0.0833. The minimum atomic E-state index is -4.62. The van der Waals surface area contributed by atoms with Gasteiger partial charge in [-0.3, -0.25) is 14.3 Å². The van der Waals surface area contributed by atoms with Crippen molar-refractivity contribution in [1.82, 2.24) is 4.98 Å². The average molecular weight is 433 g/mol. The van der Waals surface area contributed by atoms with Gasteiger partial charge in [0.1, 0.15) is 4.90 Å². The van der Waals surface area contributed by atoms with E-state index in [4.69, 9.17) is 0 Å². The molecule has 0 aliphatic carbocycles. The van der Waals surface area contributed by atoms with E-state index < -0.39 is 10.1 Å². The second-order valence-electron chi connectivity index (χ2n) is 7.25. The lowest BCUT2D eigenvalue weighted by Gasteiger charge is -2.19. The number of anilines is 2. The first-order valence-electron chi connectivity index (χ1n) is 9.58. The molecule has 0 saturated carbocycles. The third kappa shape index (κ3) is 3.93. The van der Waals surface area contributed by atoms with E-state index in [1.807, 2.05) is 24.3 Å². The molecule has 6 nitrogen and oxygen atoms in total. The van der Waals surface area contributed by atoms with Crippen molar-refractivity contribution < 1.29 is 17.8 Å². The van der Waals surface area contributed by atoms with Gasteiger partial charge in [-0.1, -0.05) is 54.6 Å². The zero-order valence-electron chi connectivity index (χ0n) is 17.0. The van der Waals surface area contributed by atoms with E-state index in [9.17, 15) is 17.8 Å². The van der Waals surface area contributed by atoms with Gasteiger partial charge in [-0.25, -0.2) is 0 Å². The molecule has 1 heterocycles. The molecule has 4 rings (SSSR count). The number of rotatable bonds is 5. The summed E-state index contributed by atoms with van der Waals surface area (Å²) in [6.45, 7) is 3.47. The summed E-state index contributed by atoms with van der Waals surface area (Å²) < 4.78 is 34.5. The summed E-state index contributed by atoms with van der Waals surface area (Å²) in [6, 6.07) is 17.4. The Labute approximate surface area is 180 Å². The number of fused-ring (bicyclic) bond motifs is 1. The molecule has 0 aliphatic rings. The summed E-state index contributed by atoms with van der Waals surface area (Å²) in [4.78, 5) is 16.9. The molecule has 0 saturated heterocycles. The predicted octanol–water partition coefficient (Wildman–Crippen LogP) is 5.07. The van der Waals surface area contributed by atoms with E-state index in [1.165, 1.54) is 6.07 Å². The van der Waals surface area contributed by atoms with Gasteiger partial charge in [0.15, 0.2) is 5.78 Å². The molecule has 0 unspecified atom stereocenters. The molecule has 0 amide bonds. The number of benzene rings is 3. The number of nitrogens with zero attached hydrogens (tertiary/aromatic N) is 1. The van der Waals surface area contributed by atoms with Gasteiger partial charge in [0.25, 0.3) is 10.1 Å². The summed E-state index contributed by atoms with van der Waals surface area (Å²) in [6.07, 6.45) is 3.30. The van der Waals surface area contributed by atoms with Crippen LogP contribution >= 0.6 is 0 Å². The SMILES string of the molecule is Cc1c(C(=O)c2ccccc2)cc(S(=O)(=O)O)c(Nc2cncc3ccccc23)c1C. The van der Waals surface area contributed by atoms with Crippen molar-refractivity contribution in [1.29, 1.82) is 0 Å². The molecule has 4 aromatic rings. The summed E-state index contributed by atoms with van der Waals surface area (Å²) in [5.41, 5.74) is 2.62. The van der Waals surface area contributed by atoms with Gasteiger partial charge in [-0.15, -0.1) is 0 Å². The molecular formula is C24H20N2O4S. The Morgan fingerprint density at radius 2 is 1.61 bits per heavy atom. The van der Waals surface area contributed by atoms with Crippen LogP contribution in [0.15, 0.2) is 78.0 Å². The largest absolute Gasteiger partial charge is 0.352 e. The van der Waals surface area contributed by atoms with Crippen LogP contribution in [0.2, 0.25) is 0 Å². The number of hydrogen-bond acceptors (Lipinski definition) is 5. The molecule has 0 spiro atoms. The summed E-state index contributed by atoms with van der Waals surface area (Å²) in [5.74, 6) is -0.315. The normalized spacial score (nSPS) is 11.5. The van der Waals surface area contributed by atoms with E-state index in [0.29, 0.717) is 22.4 Å². The third-order valence-electron chi connectivity index (χ3n) is 5.35. The summed E-state index contributed by atoms with van der Waals surface area (Å²) >= 11 is 0. The zero-order valence-corrected chi connectivity index (χ0v) is 17.8. The molecule has 0 bridgehead atoms. The molecule has 2 N–H and O–H groups in total. The second-order valence-corrected chi connectivity index (χ2v) is 8.64. The molecule has 3 aromatic carbocycles. The number of ketones is 1. The lowest BCUT2D eigenvalue weighted by Crippen LogP contribution is -2.12. The Kier molecular flexibility index (Phi) is 5.31. The minimum Gasteiger partial charge on any atom is -0.352 e. The van der Waals surface area contributed by atoms with Gasteiger partial charge >= 0.3 is 0 Å². The predicted molar refractivity (Wildman–Crippen MR) is 121 cm³/mol. The van der Waals surface area contributed by atoms with Crippen molar-refractivity contribution in [3.8, 4) is 0 Å². The minimum absolute atomic E-state index is 0.211. The molecule has 156 valence electrons. The van der Waals surface area contributed by atoms with Crippen molar-refractivity contribution in [2.45, 2.75) is 18.7 Å². The van der Waals surface area contributed by atoms with E-state index in [1.54, 1.807) is 56.6 Å². The van der Waals surface area contributed by atoms with Crippen molar-refractivity contribution in [2.24, 2.45) is 0 Å². The second kappa shape index (κ2) is 7.94. The molecular weight excluding hydrogens is 412 g/mol. The van der Waals surface area contributed by atoms with E-state index in [0.717, 1.165) is 10.8 Å². The van der Waals surface area contributed by atoms with Gasteiger partial charge in [0.2, 0.25) is 0 Å². The lowest BCUT2D eigenvalue weighted by atomic mass is 9.94. The molecule has 7 heteroatoms. The molecule has 0 fully saturated rings. The molecule has 31 heavy (non-hydrogen) atoms. The Morgan fingerprint density at radius 3 is 2.32 bits per heavy atom. The highest BCUT2D eigenvalue weighted by atomic mass is 32.2. The van der Waals surface area contributed by atoms with Crippen LogP contribution in [-0.4, -0.2) is 23.7 Å². The maximum absolute atomic E-state index is 13.0. The average Bonchev–Trinajstić information content (AvgIpc) is 2.76. The Balaban J connectivity index is 1.91. The number of carbonyl (C=O) groups excluding carboxylic acids is 1. The van der Waals surface area contributed by atoms with Crippen LogP contribution < -0.4 is 5.32 Å². The number of nitrogens with one attached hydrogen (secondary N) is 1. The maximum atomic E-state index is 13.0. The monoisotopic (exact) mass is 432 g/mol. The highest BCUT2D eigenvalue weighted by molar-refractivity contribution is 7.86. The highest BCUT2D eigenvalue weighted by Gasteiger charge is 2.25. The van der Waals surface area contributed by atoms with Crippen LogP contribution in [0.3, 0.4) is 0 Å².